The Bertz CT molecular complexity index is 916. The number of carbonyl (C=O) groups excluding carboxylic acids is 3. The molecule has 0 aliphatic heterocycles. The van der Waals surface area contributed by atoms with E-state index in [9.17, 15) is 14.4 Å². The largest absolute Gasteiger partial charge is 0.484 e. The van der Waals surface area contributed by atoms with Crippen LogP contribution in [-0.4, -0.2) is 42.3 Å². The number of carbonyl (C=O) groups is 3. The van der Waals surface area contributed by atoms with Crippen LogP contribution >= 0.6 is 0 Å². The number of benzene rings is 2. The van der Waals surface area contributed by atoms with Crippen LogP contribution in [0.25, 0.3) is 0 Å². The van der Waals surface area contributed by atoms with Crippen LogP contribution in [0.4, 0.5) is 0 Å². The lowest BCUT2D eigenvalue weighted by atomic mass is 10.0. The third-order valence-corrected chi connectivity index (χ3v) is 4.39. The third-order valence-electron chi connectivity index (χ3n) is 4.39. The lowest BCUT2D eigenvalue weighted by molar-refractivity contribution is -0.140. The molecule has 0 saturated carbocycles. The number of ether oxygens (including phenoxy) is 2. The van der Waals surface area contributed by atoms with Crippen molar-refractivity contribution >= 4 is 17.7 Å². The summed E-state index contributed by atoms with van der Waals surface area (Å²) >= 11 is 0. The maximum Gasteiger partial charge on any atom is 0.330 e. The second kappa shape index (κ2) is 11.4. The predicted molar refractivity (Wildman–Crippen MR) is 114 cm³/mol. The minimum atomic E-state index is -0.540. The molecule has 0 spiro atoms. The minimum Gasteiger partial charge on any atom is -0.484 e. The summed E-state index contributed by atoms with van der Waals surface area (Å²) in [6.45, 7) is 7.01. The quantitative estimate of drug-likeness (QED) is 0.340. The molecule has 2 rings (SSSR count). The van der Waals surface area contributed by atoms with Crippen LogP contribution in [0.2, 0.25) is 0 Å². The van der Waals surface area contributed by atoms with E-state index in [2.05, 4.69) is 6.58 Å². The molecule has 0 unspecified atom stereocenters. The van der Waals surface area contributed by atoms with Crippen molar-refractivity contribution in [3.05, 3.63) is 90.2 Å². The average molecular weight is 407 g/mol. The highest BCUT2D eigenvalue weighted by Gasteiger charge is 2.16. The fourth-order valence-corrected chi connectivity index (χ4v) is 2.63. The molecule has 0 saturated heterocycles. The van der Waals surface area contributed by atoms with Gasteiger partial charge >= 0.3 is 5.97 Å². The minimum absolute atomic E-state index is 0.0536. The number of rotatable bonds is 10. The molecule has 6 nitrogen and oxygen atoms in total. The van der Waals surface area contributed by atoms with E-state index in [4.69, 9.17) is 9.47 Å². The molecule has 2 aromatic rings. The Morgan fingerprint density at radius 3 is 2.23 bits per heavy atom. The van der Waals surface area contributed by atoms with Crippen molar-refractivity contribution < 1.29 is 23.9 Å². The number of hydrogen-bond acceptors (Lipinski definition) is 5. The van der Waals surface area contributed by atoms with Crippen molar-refractivity contribution in [2.45, 2.75) is 13.8 Å². The van der Waals surface area contributed by atoms with Crippen LogP contribution < -0.4 is 4.74 Å². The highest BCUT2D eigenvalue weighted by molar-refractivity contribution is 6.09. The van der Waals surface area contributed by atoms with Crippen LogP contribution in [-0.2, 0) is 14.3 Å². The maximum atomic E-state index is 12.6. The average Bonchev–Trinajstić information content (AvgIpc) is 2.80. The molecule has 0 atom stereocenters. The van der Waals surface area contributed by atoms with E-state index >= 15 is 0 Å². The highest BCUT2D eigenvalue weighted by Crippen LogP contribution is 2.16. The molecule has 0 radical (unpaired) electrons. The lowest BCUT2D eigenvalue weighted by Crippen LogP contribution is -2.36. The van der Waals surface area contributed by atoms with Crippen LogP contribution in [0.15, 0.2) is 79.0 Å². The molecule has 1 amide bonds. The fraction of sp³-hybridized carbons (Fsp3) is 0.208. The van der Waals surface area contributed by atoms with Gasteiger partial charge in [-0.25, -0.2) is 4.79 Å². The maximum absolute atomic E-state index is 12.6. The first-order valence-corrected chi connectivity index (χ1v) is 9.51. The Balaban J connectivity index is 1.95. The van der Waals surface area contributed by atoms with Crippen LogP contribution in [0.5, 0.6) is 5.75 Å². The molecule has 0 bridgehead atoms. The molecule has 0 aliphatic carbocycles. The molecule has 0 N–H and O–H groups in total. The standard InChI is InChI=1S/C24H25NO5/c1-4-18(3)25(15-16-29-23(27)5-2)22(26)17-30-21-13-11-20(12-14-21)24(28)19-9-7-6-8-10-19/h4-14H,2,15-17H2,1,3H3/b18-4-. The zero-order valence-corrected chi connectivity index (χ0v) is 17.2. The number of ketones is 1. The van der Waals surface area contributed by atoms with Gasteiger partial charge < -0.3 is 14.4 Å². The topological polar surface area (TPSA) is 72.9 Å². The van der Waals surface area contributed by atoms with Crippen molar-refractivity contribution in [1.82, 2.24) is 4.90 Å². The molecule has 0 aromatic heterocycles. The van der Waals surface area contributed by atoms with Crippen molar-refractivity contribution in [1.29, 1.82) is 0 Å². The first kappa shape index (κ1) is 22.6. The van der Waals surface area contributed by atoms with Gasteiger partial charge in [-0.05, 0) is 38.1 Å². The van der Waals surface area contributed by atoms with Gasteiger partial charge in [0.15, 0.2) is 12.4 Å². The summed E-state index contributed by atoms with van der Waals surface area (Å²) < 4.78 is 10.5. The lowest BCUT2D eigenvalue weighted by Gasteiger charge is -2.23. The van der Waals surface area contributed by atoms with Gasteiger partial charge in [0, 0.05) is 22.9 Å². The Hall–Kier alpha value is -3.67. The molecule has 2 aromatic carbocycles. The molecule has 156 valence electrons. The molecular formula is C24H25NO5. The van der Waals surface area contributed by atoms with Gasteiger partial charge in [-0.15, -0.1) is 0 Å². The van der Waals surface area contributed by atoms with E-state index in [-0.39, 0.29) is 31.4 Å². The van der Waals surface area contributed by atoms with E-state index < -0.39 is 5.97 Å². The summed E-state index contributed by atoms with van der Waals surface area (Å²) in [4.78, 5) is 37.7. The van der Waals surface area contributed by atoms with Crippen molar-refractivity contribution in [2.24, 2.45) is 0 Å². The van der Waals surface area contributed by atoms with E-state index in [1.54, 1.807) is 49.4 Å². The molecule has 0 aliphatic rings. The van der Waals surface area contributed by atoms with Crippen LogP contribution in [0.3, 0.4) is 0 Å². The second-order valence-corrected chi connectivity index (χ2v) is 6.36. The number of hydrogen-bond donors (Lipinski definition) is 0. The van der Waals surface area contributed by atoms with Crippen molar-refractivity contribution in [3.63, 3.8) is 0 Å². The Kier molecular flexibility index (Phi) is 8.56. The number of amides is 1. The Labute approximate surface area is 176 Å². The van der Waals surface area contributed by atoms with E-state index in [1.165, 1.54) is 4.90 Å². The van der Waals surface area contributed by atoms with Gasteiger partial charge in [0.1, 0.15) is 12.4 Å². The van der Waals surface area contributed by atoms with Crippen molar-refractivity contribution in [2.75, 3.05) is 19.8 Å². The molecule has 0 fully saturated rings. The number of nitrogens with zero attached hydrogens (tertiary/aromatic N) is 1. The van der Waals surface area contributed by atoms with Gasteiger partial charge in [-0.2, -0.15) is 0 Å². The zero-order valence-electron chi connectivity index (χ0n) is 17.2. The normalized spacial score (nSPS) is 10.8. The van der Waals surface area contributed by atoms with Gasteiger partial charge in [0.05, 0.1) is 6.54 Å². The summed E-state index contributed by atoms with van der Waals surface area (Å²) in [6, 6.07) is 15.6. The molecule has 0 heterocycles. The van der Waals surface area contributed by atoms with Gasteiger partial charge in [0.2, 0.25) is 0 Å². The summed E-state index contributed by atoms with van der Waals surface area (Å²) in [5, 5.41) is 0. The fourth-order valence-electron chi connectivity index (χ4n) is 2.63. The van der Waals surface area contributed by atoms with Gasteiger partial charge in [0.25, 0.3) is 5.91 Å². The molecule has 6 heteroatoms. The summed E-state index contributed by atoms with van der Waals surface area (Å²) in [6.07, 6.45) is 2.86. The summed E-state index contributed by atoms with van der Waals surface area (Å²) in [7, 11) is 0. The summed E-state index contributed by atoms with van der Waals surface area (Å²) in [5.74, 6) is -0.419. The zero-order chi connectivity index (χ0) is 21.9. The molecule has 30 heavy (non-hydrogen) atoms. The van der Waals surface area contributed by atoms with Gasteiger partial charge in [-0.1, -0.05) is 43.0 Å². The Morgan fingerprint density at radius 2 is 1.63 bits per heavy atom. The van der Waals surface area contributed by atoms with E-state index in [1.807, 2.05) is 25.1 Å². The predicted octanol–water partition coefficient (Wildman–Crippen LogP) is 3.78. The second-order valence-electron chi connectivity index (χ2n) is 6.36. The van der Waals surface area contributed by atoms with E-state index in [0.29, 0.717) is 16.9 Å². The SMILES string of the molecule is C=CC(=O)OCCN(C(=O)COc1ccc(C(=O)c2ccccc2)cc1)/C(C)=C\C. The first-order chi connectivity index (χ1) is 14.5. The highest BCUT2D eigenvalue weighted by atomic mass is 16.5. The monoisotopic (exact) mass is 407 g/mol. The summed E-state index contributed by atoms with van der Waals surface area (Å²) in [5.41, 5.74) is 1.87. The number of esters is 1. The van der Waals surface area contributed by atoms with Crippen LogP contribution in [0.1, 0.15) is 29.8 Å². The van der Waals surface area contributed by atoms with Crippen LogP contribution in [0, 0.1) is 0 Å². The van der Waals surface area contributed by atoms with E-state index in [0.717, 1.165) is 11.8 Å². The molecular weight excluding hydrogens is 382 g/mol. The smallest absolute Gasteiger partial charge is 0.330 e. The third kappa shape index (κ3) is 6.44. The number of allylic oxidation sites excluding steroid dienone is 2. The Morgan fingerprint density at radius 1 is 1.00 bits per heavy atom. The van der Waals surface area contributed by atoms with Crippen molar-refractivity contribution in [3.8, 4) is 5.75 Å². The first-order valence-electron chi connectivity index (χ1n) is 9.51. The van der Waals surface area contributed by atoms with Gasteiger partial charge in [-0.3, -0.25) is 9.59 Å².